The van der Waals surface area contributed by atoms with Crippen molar-refractivity contribution in [3.63, 3.8) is 0 Å². The molecule has 0 amide bonds. The fourth-order valence-electron chi connectivity index (χ4n) is 2.49. The lowest BCUT2D eigenvalue weighted by Gasteiger charge is -2.22. The Balaban J connectivity index is 1.87. The third kappa shape index (κ3) is 3.22. The van der Waals surface area contributed by atoms with Crippen LogP contribution in [0.5, 0.6) is 0 Å². The molecule has 3 heteroatoms. The smallest absolute Gasteiger partial charge is 0.125 e. The van der Waals surface area contributed by atoms with Gasteiger partial charge in [0, 0.05) is 24.8 Å². The minimum atomic E-state index is -0.127. The minimum Gasteiger partial charge on any atom is -0.371 e. The third-order valence-electron chi connectivity index (χ3n) is 3.61. The van der Waals surface area contributed by atoms with Crippen LogP contribution >= 0.6 is 0 Å². The number of anilines is 1. The molecule has 0 bridgehead atoms. The van der Waals surface area contributed by atoms with Gasteiger partial charge in [0.2, 0.25) is 0 Å². The summed E-state index contributed by atoms with van der Waals surface area (Å²) in [4.78, 5) is 2.31. The van der Waals surface area contributed by atoms with Crippen LogP contribution in [-0.2, 0) is 6.42 Å². The number of hydrogen-bond donors (Lipinski definition) is 1. The Bertz CT molecular complexity index is 392. The molecule has 0 fully saturated rings. The van der Waals surface area contributed by atoms with Crippen molar-refractivity contribution in [1.82, 2.24) is 5.32 Å². The number of nitrogens with zero attached hydrogens (tertiary/aromatic N) is 1. The van der Waals surface area contributed by atoms with Gasteiger partial charge in [-0.25, -0.2) is 4.39 Å². The average molecular weight is 250 g/mol. The van der Waals surface area contributed by atoms with E-state index in [0.717, 1.165) is 38.2 Å². The summed E-state index contributed by atoms with van der Waals surface area (Å²) in [6, 6.07) is 5.69. The highest BCUT2D eigenvalue weighted by atomic mass is 19.1. The van der Waals surface area contributed by atoms with Crippen molar-refractivity contribution in [2.75, 3.05) is 24.5 Å². The van der Waals surface area contributed by atoms with Gasteiger partial charge < -0.3 is 10.2 Å². The zero-order chi connectivity index (χ0) is 13.0. The largest absolute Gasteiger partial charge is 0.371 e. The molecule has 0 aliphatic carbocycles. The van der Waals surface area contributed by atoms with Gasteiger partial charge in [-0.1, -0.05) is 13.0 Å². The third-order valence-corrected chi connectivity index (χ3v) is 3.61. The highest BCUT2D eigenvalue weighted by Crippen LogP contribution is 2.28. The first-order valence-electron chi connectivity index (χ1n) is 6.97. The van der Waals surface area contributed by atoms with Gasteiger partial charge in [0.1, 0.15) is 5.82 Å². The van der Waals surface area contributed by atoms with Gasteiger partial charge in [-0.2, -0.15) is 0 Å². The molecular weight excluding hydrogens is 227 g/mol. The quantitative estimate of drug-likeness (QED) is 0.835. The number of nitrogens with one attached hydrogen (secondary N) is 1. The molecule has 0 spiro atoms. The van der Waals surface area contributed by atoms with Gasteiger partial charge in [-0.05, 0) is 50.4 Å². The Kier molecular flexibility index (Phi) is 4.59. The predicted molar refractivity (Wildman–Crippen MR) is 74.7 cm³/mol. The lowest BCUT2D eigenvalue weighted by molar-refractivity contribution is 0.511. The van der Waals surface area contributed by atoms with E-state index in [1.165, 1.54) is 12.0 Å². The highest BCUT2D eigenvalue weighted by molar-refractivity contribution is 5.58. The van der Waals surface area contributed by atoms with Crippen LogP contribution in [0.2, 0.25) is 0 Å². The van der Waals surface area contributed by atoms with Gasteiger partial charge in [0.05, 0.1) is 0 Å². The maximum Gasteiger partial charge on any atom is 0.125 e. The molecule has 1 N–H and O–H groups in total. The van der Waals surface area contributed by atoms with E-state index < -0.39 is 0 Å². The molecule has 2 rings (SSSR count). The van der Waals surface area contributed by atoms with Crippen molar-refractivity contribution >= 4 is 5.69 Å². The number of benzene rings is 1. The molecule has 0 aromatic heterocycles. The Morgan fingerprint density at radius 3 is 3.06 bits per heavy atom. The molecule has 1 heterocycles. The number of rotatable bonds is 6. The zero-order valence-corrected chi connectivity index (χ0v) is 11.4. The van der Waals surface area contributed by atoms with Crippen LogP contribution in [0.3, 0.4) is 0 Å². The van der Waals surface area contributed by atoms with Gasteiger partial charge in [0.25, 0.3) is 0 Å². The van der Waals surface area contributed by atoms with E-state index in [1.807, 2.05) is 6.07 Å². The maximum atomic E-state index is 13.3. The van der Waals surface area contributed by atoms with Gasteiger partial charge in [0.15, 0.2) is 0 Å². The number of fused-ring (bicyclic) bond motifs is 1. The van der Waals surface area contributed by atoms with Crippen molar-refractivity contribution in [3.05, 3.63) is 29.6 Å². The first-order valence-corrected chi connectivity index (χ1v) is 6.97. The first kappa shape index (κ1) is 13.3. The fraction of sp³-hybridized carbons (Fsp3) is 0.600. The maximum absolute atomic E-state index is 13.3. The van der Waals surface area contributed by atoms with E-state index in [9.17, 15) is 4.39 Å². The van der Waals surface area contributed by atoms with Crippen molar-refractivity contribution in [1.29, 1.82) is 0 Å². The monoisotopic (exact) mass is 250 g/mol. The fourth-order valence-corrected chi connectivity index (χ4v) is 2.49. The Morgan fingerprint density at radius 1 is 1.44 bits per heavy atom. The van der Waals surface area contributed by atoms with Crippen LogP contribution < -0.4 is 10.2 Å². The standard InChI is InChI=1S/C15H23FN2/c1-3-8-17-12(2)6-9-18-10-7-13-4-5-14(16)11-15(13)18/h4-5,11-12,17H,3,6-10H2,1-2H3. The second kappa shape index (κ2) is 6.19. The predicted octanol–water partition coefficient (Wildman–Crippen LogP) is 2.97. The van der Waals surface area contributed by atoms with E-state index in [0.29, 0.717) is 6.04 Å². The highest BCUT2D eigenvalue weighted by Gasteiger charge is 2.19. The van der Waals surface area contributed by atoms with Gasteiger partial charge in [-0.3, -0.25) is 0 Å². The lowest BCUT2D eigenvalue weighted by Crippen LogP contribution is -2.32. The van der Waals surface area contributed by atoms with E-state index in [4.69, 9.17) is 0 Å². The molecule has 100 valence electrons. The molecule has 1 aliphatic heterocycles. The first-order chi connectivity index (χ1) is 8.70. The van der Waals surface area contributed by atoms with Crippen LogP contribution in [0, 0.1) is 5.82 Å². The van der Waals surface area contributed by atoms with Crippen LogP contribution in [0.15, 0.2) is 18.2 Å². The van der Waals surface area contributed by atoms with Crippen molar-refractivity contribution in [3.8, 4) is 0 Å². The van der Waals surface area contributed by atoms with E-state index >= 15 is 0 Å². The molecule has 1 atom stereocenters. The lowest BCUT2D eigenvalue weighted by atomic mass is 10.1. The molecule has 18 heavy (non-hydrogen) atoms. The van der Waals surface area contributed by atoms with Crippen molar-refractivity contribution < 1.29 is 4.39 Å². The van der Waals surface area contributed by atoms with Crippen molar-refractivity contribution in [2.45, 2.75) is 39.2 Å². The number of hydrogen-bond acceptors (Lipinski definition) is 2. The Hall–Kier alpha value is -1.09. The summed E-state index contributed by atoms with van der Waals surface area (Å²) in [7, 11) is 0. The van der Waals surface area contributed by atoms with Crippen molar-refractivity contribution in [2.24, 2.45) is 0 Å². The Morgan fingerprint density at radius 2 is 2.28 bits per heavy atom. The SMILES string of the molecule is CCCNC(C)CCN1CCc2ccc(F)cc21. The molecule has 2 nitrogen and oxygen atoms in total. The summed E-state index contributed by atoms with van der Waals surface area (Å²) in [5.41, 5.74) is 2.38. The molecule has 1 aromatic carbocycles. The molecule has 1 aliphatic rings. The summed E-state index contributed by atoms with van der Waals surface area (Å²) in [6.45, 7) is 7.51. The summed E-state index contributed by atoms with van der Waals surface area (Å²) in [5.74, 6) is -0.127. The number of halogens is 1. The molecule has 1 unspecified atom stereocenters. The summed E-state index contributed by atoms with van der Waals surface area (Å²) in [5, 5.41) is 3.49. The average Bonchev–Trinajstić information content (AvgIpc) is 2.76. The van der Waals surface area contributed by atoms with E-state index in [2.05, 4.69) is 24.1 Å². The normalized spacial score (nSPS) is 15.8. The van der Waals surface area contributed by atoms with E-state index in [1.54, 1.807) is 12.1 Å². The molecular formula is C15H23FN2. The van der Waals surface area contributed by atoms with Gasteiger partial charge in [-0.15, -0.1) is 0 Å². The molecule has 0 saturated heterocycles. The topological polar surface area (TPSA) is 15.3 Å². The Labute approximate surface area is 109 Å². The van der Waals surface area contributed by atoms with Gasteiger partial charge >= 0.3 is 0 Å². The van der Waals surface area contributed by atoms with Crippen LogP contribution in [-0.4, -0.2) is 25.7 Å². The second-order valence-corrected chi connectivity index (χ2v) is 5.15. The summed E-state index contributed by atoms with van der Waals surface area (Å²) >= 11 is 0. The van der Waals surface area contributed by atoms with Crippen LogP contribution in [0.1, 0.15) is 32.3 Å². The van der Waals surface area contributed by atoms with E-state index in [-0.39, 0.29) is 5.82 Å². The molecule has 0 saturated carbocycles. The van der Waals surface area contributed by atoms with Crippen LogP contribution in [0.4, 0.5) is 10.1 Å². The molecule has 0 radical (unpaired) electrons. The summed E-state index contributed by atoms with van der Waals surface area (Å²) < 4.78 is 13.3. The summed E-state index contributed by atoms with van der Waals surface area (Å²) in [6.07, 6.45) is 3.32. The zero-order valence-electron chi connectivity index (χ0n) is 11.4. The molecule has 1 aromatic rings. The second-order valence-electron chi connectivity index (χ2n) is 5.15. The van der Waals surface area contributed by atoms with Crippen LogP contribution in [0.25, 0.3) is 0 Å². The minimum absolute atomic E-state index is 0.127.